The van der Waals surface area contributed by atoms with Crippen molar-refractivity contribution < 1.29 is 31.8 Å². The molecule has 0 aromatic carbocycles. The molecule has 0 radical (unpaired) electrons. The maximum atomic E-state index is 12.5. The van der Waals surface area contributed by atoms with Crippen LogP contribution < -0.4 is 4.74 Å². The van der Waals surface area contributed by atoms with Gasteiger partial charge in [0.1, 0.15) is 11.4 Å². The van der Waals surface area contributed by atoms with Crippen LogP contribution in [0.5, 0.6) is 5.75 Å². The van der Waals surface area contributed by atoms with E-state index in [2.05, 4.69) is 9.72 Å². The van der Waals surface area contributed by atoms with E-state index in [-0.39, 0.29) is 5.56 Å². The van der Waals surface area contributed by atoms with Crippen LogP contribution in [0.3, 0.4) is 0 Å². The molecule has 102 valence electrons. The number of hydrogen-bond acceptors (Lipinski definition) is 3. The molecule has 0 amide bonds. The molecule has 0 aliphatic rings. The molecule has 1 aromatic heterocycles. The molecule has 1 aromatic rings. The van der Waals surface area contributed by atoms with Crippen LogP contribution >= 0.6 is 11.6 Å². The summed E-state index contributed by atoms with van der Waals surface area (Å²) in [6.45, 7) is -0.841. The van der Waals surface area contributed by atoms with E-state index in [4.69, 9.17) is 16.7 Å². The van der Waals surface area contributed by atoms with Crippen molar-refractivity contribution in [3.8, 4) is 5.75 Å². The van der Waals surface area contributed by atoms with Crippen LogP contribution in [0.15, 0.2) is 6.20 Å². The summed E-state index contributed by atoms with van der Waals surface area (Å²) in [6, 6.07) is 0. The highest BCUT2D eigenvalue weighted by Crippen LogP contribution is 2.35. The molecule has 3 nitrogen and oxygen atoms in total. The van der Waals surface area contributed by atoms with E-state index in [1.807, 2.05) is 0 Å². The molecule has 1 heterocycles. The summed E-state index contributed by atoms with van der Waals surface area (Å²) in [6.07, 6.45) is -7.48. The van der Waals surface area contributed by atoms with Crippen molar-refractivity contribution in [1.82, 2.24) is 4.98 Å². The number of aromatic nitrogens is 1. The number of nitrogens with zero attached hydrogens (tertiary/aromatic N) is 1. The second kappa shape index (κ2) is 5.66. The van der Waals surface area contributed by atoms with Crippen LogP contribution in [0.2, 0.25) is 0 Å². The van der Waals surface area contributed by atoms with Crippen molar-refractivity contribution in [2.75, 3.05) is 0 Å². The molecule has 1 N–H and O–H groups in total. The van der Waals surface area contributed by atoms with E-state index in [1.54, 1.807) is 0 Å². The van der Waals surface area contributed by atoms with Crippen LogP contribution in [0.1, 0.15) is 23.2 Å². The molecule has 0 bridgehead atoms. The Hall–Kier alpha value is -1.15. The van der Waals surface area contributed by atoms with Crippen LogP contribution in [0.4, 0.5) is 22.0 Å². The van der Waals surface area contributed by atoms with Gasteiger partial charge in [0.2, 0.25) is 0 Å². The van der Waals surface area contributed by atoms with Gasteiger partial charge in [-0.25, -0.2) is 8.78 Å². The van der Waals surface area contributed by atoms with Gasteiger partial charge in [-0.05, 0) is 0 Å². The molecule has 0 fully saturated rings. The predicted octanol–water partition coefficient (Wildman–Crippen LogP) is 3.15. The topological polar surface area (TPSA) is 42.4 Å². The summed E-state index contributed by atoms with van der Waals surface area (Å²) >= 11 is 5.34. The maximum absolute atomic E-state index is 12.5. The van der Waals surface area contributed by atoms with Gasteiger partial charge < -0.3 is 9.84 Å². The highest BCUT2D eigenvalue weighted by molar-refractivity contribution is 6.17. The van der Waals surface area contributed by atoms with Gasteiger partial charge >= 0.3 is 6.36 Å². The minimum Gasteiger partial charge on any atom is -0.405 e. The van der Waals surface area contributed by atoms with Gasteiger partial charge in [0.15, 0.2) is 0 Å². The number of halogens is 6. The fourth-order valence-corrected chi connectivity index (χ4v) is 1.53. The summed E-state index contributed by atoms with van der Waals surface area (Å²) in [5, 5.41) is 8.85. The lowest BCUT2D eigenvalue weighted by Crippen LogP contribution is -2.20. The lowest BCUT2D eigenvalue weighted by Gasteiger charge is -2.17. The van der Waals surface area contributed by atoms with Crippen LogP contribution in [0, 0.1) is 0 Å². The normalized spacial score (nSPS) is 12.0. The number of ether oxygens (including phenoxy) is 1. The van der Waals surface area contributed by atoms with E-state index >= 15 is 0 Å². The molecule has 0 saturated heterocycles. The van der Waals surface area contributed by atoms with Crippen molar-refractivity contribution in [3.05, 3.63) is 23.0 Å². The largest absolute Gasteiger partial charge is 0.573 e. The highest BCUT2D eigenvalue weighted by atomic mass is 35.5. The number of aliphatic hydroxyl groups excluding tert-OH is 1. The fourth-order valence-electron chi connectivity index (χ4n) is 1.27. The summed E-state index contributed by atoms with van der Waals surface area (Å²) in [7, 11) is 0. The summed E-state index contributed by atoms with van der Waals surface area (Å²) < 4.78 is 65.2. The average Bonchev–Trinajstić information content (AvgIpc) is 2.26. The Labute approximate surface area is 103 Å². The first-order valence-corrected chi connectivity index (χ1v) is 5.05. The third-order valence-corrected chi connectivity index (χ3v) is 2.23. The first kappa shape index (κ1) is 14.9. The predicted molar refractivity (Wildman–Crippen MR) is 51.4 cm³/mol. The first-order valence-electron chi connectivity index (χ1n) is 4.51. The SMILES string of the molecule is OCc1cnc(C(F)F)c(CCl)c1OC(F)(F)F. The zero-order valence-electron chi connectivity index (χ0n) is 8.64. The molecule has 9 heteroatoms. The molecule has 0 spiro atoms. The number of hydrogen-bond donors (Lipinski definition) is 1. The minimum atomic E-state index is -5.08. The molecule has 0 aliphatic carbocycles. The Bertz CT molecular complexity index is 424. The monoisotopic (exact) mass is 291 g/mol. The summed E-state index contributed by atoms with van der Waals surface area (Å²) in [5.74, 6) is -1.57. The third-order valence-electron chi connectivity index (χ3n) is 1.96. The average molecular weight is 292 g/mol. The highest BCUT2D eigenvalue weighted by Gasteiger charge is 2.34. The molecular formula is C9H7ClF5NO2. The van der Waals surface area contributed by atoms with Gasteiger partial charge in [0.05, 0.1) is 12.5 Å². The maximum Gasteiger partial charge on any atom is 0.573 e. The number of aliphatic hydroxyl groups is 1. The molecule has 0 aliphatic heterocycles. The van der Waals surface area contributed by atoms with Crippen molar-refractivity contribution in [2.45, 2.75) is 25.3 Å². The number of rotatable bonds is 4. The van der Waals surface area contributed by atoms with Crippen molar-refractivity contribution in [3.63, 3.8) is 0 Å². The Morgan fingerprint density at radius 2 is 2.00 bits per heavy atom. The van der Waals surface area contributed by atoms with Crippen molar-refractivity contribution >= 4 is 11.6 Å². The zero-order chi connectivity index (χ0) is 13.9. The van der Waals surface area contributed by atoms with Gasteiger partial charge in [0.25, 0.3) is 6.43 Å². The van der Waals surface area contributed by atoms with Crippen molar-refractivity contribution in [1.29, 1.82) is 0 Å². The van der Waals surface area contributed by atoms with Crippen molar-refractivity contribution in [2.24, 2.45) is 0 Å². The van der Waals surface area contributed by atoms with E-state index in [9.17, 15) is 22.0 Å². The Kier molecular flexibility index (Phi) is 4.69. The molecule has 1 rings (SSSR count). The molecular weight excluding hydrogens is 285 g/mol. The first-order chi connectivity index (χ1) is 8.30. The standard InChI is InChI=1S/C9H7ClF5NO2/c10-1-5-6(8(11)12)16-2-4(3-17)7(5)18-9(13,14)15/h2,8,17H,1,3H2. The van der Waals surface area contributed by atoms with Crippen LogP contribution in [-0.2, 0) is 12.5 Å². The lowest BCUT2D eigenvalue weighted by molar-refractivity contribution is -0.275. The molecule has 0 atom stereocenters. The zero-order valence-corrected chi connectivity index (χ0v) is 9.40. The quantitative estimate of drug-likeness (QED) is 0.684. The van der Waals surface area contributed by atoms with E-state index in [0.717, 1.165) is 0 Å². The number of alkyl halides is 6. The summed E-state index contributed by atoms with van der Waals surface area (Å²) in [5.41, 5.74) is -1.86. The van der Waals surface area contributed by atoms with Gasteiger partial charge in [-0.3, -0.25) is 4.98 Å². The second-order valence-corrected chi connectivity index (χ2v) is 3.38. The van der Waals surface area contributed by atoms with E-state index in [0.29, 0.717) is 6.20 Å². The fraction of sp³-hybridized carbons (Fsp3) is 0.444. The third kappa shape index (κ3) is 3.42. The Morgan fingerprint density at radius 3 is 2.39 bits per heavy atom. The van der Waals surface area contributed by atoms with Gasteiger partial charge in [0, 0.05) is 17.3 Å². The number of pyridine rings is 1. The smallest absolute Gasteiger partial charge is 0.405 e. The van der Waals surface area contributed by atoms with Crippen LogP contribution in [0.25, 0.3) is 0 Å². The van der Waals surface area contributed by atoms with Crippen LogP contribution in [-0.4, -0.2) is 16.5 Å². The van der Waals surface area contributed by atoms with Gasteiger partial charge in [-0.1, -0.05) is 0 Å². The summed E-state index contributed by atoms with van der Waals surface area (Å²) in [4.78, 5) is 3.27. The Balaban J connectivity index is 3.37. The minimum absolute atomic E-state index is 0.368. The van der Waals surface area contributed by atoms with E-state index < -0.39 is 42.3 Å². The van der Waals surface area contributed by atoms with E-state index in [1.165, 1.54) is 0 Å². The second-order valence-electron chi connectivity index (χ2n) is 3.12. The Morgan fingerprint density at radius 1 is 1.39 bits per heavy atom. The lowest BCUT2D eigenvalue weighted by atomic mass is 10.1. The molecule has 18 heavy (non-hydrogen) atoms. The van der Waals surface area contributed by atoms with Gasteiger partial charge in [-0.15, -0.1) is 24.8 Å². The van der Waals surface area contributed by atoms with Gasteiger partial charge in [-0.2, -0.15) is 0 Å². The molecule has 0 saturated carbocycles. The molecule has 0 unspecified atom stereocenters.